The van der Waals surface area contributed by atoms with E-state index < -0.39 is 6.10 Å². The van der Waals surface area contributed by atoms with E-state index in [9.17, 15) is 5.11 Å². The molecular formula is C19H23BrClNOS. The molecule has 2 nitrogen and oxygen atoms in total. The standard InChI is InChI=1S/C19H23BrClNOS/c1-19(2,10-12-7-13-5-3-4-6-14(13)8-12)22-11-16(23)17-9-15(20)18(21)24-17/h3-6,9,12,16,22-23H,7-8,10-11H2,1-2H3. The first-order chi connectivity index (χ1) is 11.3. The number of β-amino-alcohol motifs (C(OH)–C–C–N with tert-alkyl or cyclic N) is 1. The number of halogens is 2. The van der Waals surface area contributed by atoms with Gasteiger partial charge in [-0.25, -0.2) is 0 Å². The molecule has 1 aromatic heterocycles. The second kappa shape index (κ2) is 7.46. The van der Waals surface area contributed by atoms with Crippen molar-refractivity contribution < 1.29 is 5.11 Å². The maximum absolute atomic E-state index is 10.4. The molecule has 24 heavy (non-hydrogen) atoms. The summed E-state index contributed by atoms with van der Waals surface area (Å²) in [5, 5.41) is 13.9. The van der Waals surface area contributed by atoms with Crippen LogP contribution in [-0.2, 0) is 12.8 Å². The smallest absolute Gasteiger partial charge is 0.107 e. The van der Waals surface area contributed by atoms with Crippen LogP contribution in [0.1, 0.15) is 42.4 Å². The summed E-state index contributed by atoms with van der Waals surface area (Å²) in [6.45, 7) is 4.98. The average Bonchev–Trinajstić information content (AvgIpc) is 3.07. The Morgan fingerprint density at radius 2 is 1.96 bits per heavy atom. The average molecular weight is 429 g/mol. The molecule has 0 aliphatic heterocycles. The third kappa shape index (κ3) is 4.41. The highest BCUT2D eigenvalue weighted by molar-refractivity contribution is 9.10. The number of aliphatic hydroxyl groups is 1. The Labute approximate surface area is 161 Å². The van der Waals surface area contributed by atoms with E-state index in [4.69, 9.17) is 11.6 Å². The molecule has 1 atom stereocenters. The summed E-state index contributed by atoms with van der Waals surface area (Å²) in [6.07, 6.45) is 2.90. The fourth-order valence-corrected chi connectivity index (χ4v) is 5.31. The summed E-state index contributed by atoms with van der Waals surface area (Å²) < 4.78 is 1.54. The number of nitrogens with one attached hydrogen (secondary N) is 1. The van der Waals surface area contributed by atoms with E-state index in [0.717, 1.165) is 28.6 Å². The second-order valence-electron chi connectivity index (χ2n) is 7.30. The largest absolute Gasteiger partial charge is 0.386 e. The molecule has 2 N–H and O–H groups in total. The Morgan fingerprint density at radius 1 is 1.33 bits per heavy atom. The monoisotopic (exact) mass is 427 g/mol. The van der Waals surface area contributed by atoms with Crippen molar-refractivity contribution in [2.24, 2.45) is 5.92 Å². The quantitative estimate of drug-likeness (QED) is 0.648. The van der Waals surface area contributed by atoms with Gasteiger partial charge in [0, 0.05) is 21.4 Å². The van der Waals surface area contributed by atoms with Crippen molar-refractivity contribution in [2.45, 2.75) is 44.8 Å². The van der Waals surface area contributed by atoms with Gasteiger partial charge in [-0.1, -0.05) is 35.9 Å². The molecule has 0 saturated carbocycles. The van der Waals surface area contributed by atoms with Gasteiger partial charge in [0.2, 0.25) is 0 Å². The summed E-state index contributed by atoms with van der Waals surface area (Å²) in [4.78, 5) is 0.892. The highest BCUT2D eigenvalue weighted by Gasteiger charge is 2.28. The fraction of sp³-hybridized carbons (Fsp3) is 0.474. The SMILES string of the molecule is CC(C)(CC1Cc2ccccc2C1)NCC(O)c1cc(Br)c(Cl)s1. The van der Waals surface area contributed by atoms with Gasteiger partial charge in [0.15, 0.2) is 0 Å². The van der Waals surface area contributed by atoms with Crippen molar-refractivity contribution in [1.82, 2.24) is 5.32 Å². The van der Waals surface area contributed by atoms with Crippen LogP contribution in [-0.4, -0.2) is 17.2 Å². The van der Waals surface area contributed by atoms with Gasteiger partial charge in [-0.2, -0.15) is 0 Å². The molecule has 5 heteroatoms. The summed E-state index contributed by atoms with van der Waals surface area (Å²) >= 11 is 10.9. The topological polar surface area (TPSA) is 32.3 Å². The van der Waals surface area contributed by atoms with Crippen LogP contribution in [0.25, 0.3) is 0 Å². The number of aliphatic hydroxyl groups excluding tert-OH is 1. The Kier molecular flexibility index (Phi) is 5.72. The number of benzene rings is 1. The molecule has 0 spiro atoms. The highest BCUT2D eigenvalue weighted by atomic mass is 79.9. The van der Waals surface area contributed by atoms with Crippen molar-refractivity contribution in [3.05, 3.63) is 55.1 Å². The van der Waals surface area contributed by atoms with Gasteiger partial charge in [-0.3, -0.25) is 0 Å². The molecule has 0 bridgehead atoms. The van der Waals surface area contributed by atoms with Crippen LogP contribution in [0.5, 0.6) is 0 Å². The van der Waals surface area contributed by atoms with Gasteiger partial charge < -0.3 is 10.4 Å². The van der Waals surface area contributed by atoms with Crippen LogP contribution in [0.2, 0.25) is 4.34 Å². The maximum atomic E-state index is 10.4. The van der Waals surface area contributed by atoms with E-state index in [1.54, 1.807) is 0 Å². The van der Waals surface area contributed by atoms with Crippen molar-refractivity contribution in [3.8, 4) is 0 Å². The Morgan fingerprint density at radius 3 is 2.50 bits per heavy atom. The normalized spacial score (nSPS) is 16.4. The van der Waals surface area contributed by atoms with Crippen molar-refractivity contribution in [2.75, 3.05) is 6.54 Å². The summed E-state index contributed by atoms with van der Waals surface area (Å²) in [7, 11) is 0. The summed E-state index contributed by atoms with van der Waals surface area (Å²) in [5.41, 5.74) is 2.99. The van der Waals surface area contributed by atoms with Gasteiger partial charge in [0.05, 0.1) is 0 Å². The number of rotatable bonds is 6. The van der Waals surface area contributed by atoms with E-state index >= 15 is 0 Å². The fourth-order valence-electron chi connectivity index (χ4n) is 3.59. The first-order valence-electron chi connectivity index (χ1n) is 8.28. The van der Waals surface area contributed by atoms with Crippen LogP contribution < -0.4 is 5.32 Å². The van der Waals surface area contributed by atoms with Crippen LogP contribution in [0.4, 0.5) is 0 Å². The molecule has 1 aliphatic carbocycles. The summed E-state index contributed by atoms with van der Waals surface area (Å²) in [6, 6.07) is 10.7. The van der Waals surface area contributed by atoms with Gasteiger partial charge in [0.1, 0.15) is 10.4 Å². The minimum absolute atomic E-state index is 0.00796. The minimum atomic E-state index is -0.529. The molecule has 0 fully saturated rings. The van der Waals surface area contributed by atoms with E-state index in [-0.39, 0.29) is 5.54 Å². The van der Waals surface area contributed by atoms with Crippen LogP contribution >= 0.6 is 38.9 Å². The Balaban J connectivity index is 1.53. The lowest BCUT2D eigenvalue weighted by Gasteiger charge is -2.30. The molecule has 1 heterocycles. The number of hydrogen-bond donors (Lipinski definition) is 2. The van der Waals surface area contributed by atoms with Crippen LogP contribution in [0, 0.1) is 5.92 Å². The van der Waals surface area contributed by atoms with Gasteiger partial charge in [-0.15, -0.1) is 11.3 Å². The van der Waals surface area contributed by atoms with Crippen LogP contribution in [0.3, 0.4) is 0 Å². The van der Waals surface area contributed by atoms with Crippen LogP contribution in [0.15, 0.2) is 34.8 Å². The number of fused-ring (bicyclic) bond motifs is 1. The molecule has 0 saturated heterocycles. The first-order valence-corrected chi connectivity index (χ1v) is 10.3. The Bertz CT molecular complexity index is 671. The predicted octanol–water partition coefficient (Wildman–Crippen LogP) is 5.37. The van der Waals surface area contributed by atoms with Crippen molar-refractivity contribution >= 4 is 38.9 Å². The van der Waals surface area contributed by atoms with E-state index in [0.29, 0.717) is 16.8 Å². The molecule has 0 amide bonds. The van der Waals surface area contributed by atoms with E-state index in [2.05, 4.69) is 59.4 Å². The number of thiophene rings is 1. The molecule has 1 aromatic carbocycles. The lowest BCUT2D eigenvalue weighted by Crippen LogP contribution is -2.43. The molecule has 130 valence electrons. The molecule has 0 radical (unpaired) electrons. The molecule has 1 aliphatic rings. The molecule has 1 unspecified atom stereocenters. The van der Waals surface area contributed by atoms with Gasteiger partial charge >= 0.3 is 0 Å². The lowest BCUT2D eigenvalue weighted by atomic mass is 9.88. The zero-order valence-electron chi connectivity index (χ0n) is 14.0. The zero-order valence-corrected chi connectivity index (χ0v) is 17.1. The molecule has 2 aromatic rings. The van der Waals surface area contributed by atoms with E-state index in [1.807, 2.05) is 6.07 Å². The summed E-state index contributed by atoms with van der Waals surface area (Å²) in [5.74, 6) is 0.673. The molecular weight excluding hydrogens is 406 g/mol. The number of hydrogen-bond acceptors (Lipinski definition) is 3. The third-order valence-corrected chi connectivity index (χ3v) is 7.28. The predicted molar refractivity (Wildman–Crippen MR) is 106 cm³/mol. The van der Waals surface area contributed by atoms with Gasteiger partial charge in [0.25, 0.3) is 0 Å². The van der Waals surface area contributed by atoms with Gasteiger partial charge in [-0.05, 0) is 72.2 Å². The third-order valence-electron chi connectivity index (χ3n) is 4.70. The highest BCUT2D eigenvalue weighted by Crippen LogP contribution is 2.35. The zero-order chi connectivity index (χ0) is 17.3. The lowest BCUT2D eigenvalue weighted by molar-refractivity contribution is 0.158. The first kappa shape index (κ1) is 18.4. The minimum Gasteiger partial charge on any atom is -0.386 e. The maximum Gasteiger partial charge on any atom is 0.107 e. The Hall–Kier alpha value is -0.390. The molecule has 3 rings (SSSR count). The van der Waals surface area contributed by atoms with Crippen molar-refractivity contribution in [1.29, 1.82) is 0 Å². The van der Waals surface area contributed by atoms with E-state index in [1.165, 1.54) is 22.5 Å². The second-order valence-corrected chi connectivity index (χ2v) is 9.84. The van der Waals surface area contributed by atoms with Crippen molar-refractivity contribution in [3.63, 3.8) is 0 Å².